The monoisotopic (exact) mass is 459 g/mol. The fourth-order valence-corrected chi connectivity index (χ4v) is 5.84. The van der Waals surface area contributed by atoms with Crippen molar-refractivity contribution < 1.29 is 4.79 Å². The van der Waals surface area contributed by atoms with Crippen LogP contribution in [0.3, 0.4) is 0 Å². The first-order valence-electron chi connectivity index (χ1n) is 10.8. The van der Waals surface area contributed by atoms with Gasteiger partial charge in [0.15, 0.2) is 0 Å². The van der Waals surface area contributed by atoms with Gasteiger partial charge in [-0.05, 0) is 36.9 Å². The Morgan fingerprint density at radius 2 is 1.94 bits per heavy atom. The van der Waals surface area contributed by atoms with Gasteiger partial charge in [0.1, 0.15) is 0 Å². The van der Waals surface area contributed by atoms with Gasteiger partial charge in [0.2, 0.25) is 0 Å². The van der Waals surface area contributed by atoms with Gasteiger partial charge in [-0.1, -0.05) is 54.1 Å². The number of fused-ring (bicyclic) bond motifs is 1. The third-order valence-electron chi connectivity index (χ3n) is 5.88. The molecule has 6 heteroatoms. The van der Waals surface area contributed by atoms with Crippen LogP contribution in [0.5, 0.6) is 0 Å². The lowest BCUT2D eigenvalue weighted by Crippen LogP contribution is -2.28. The number of aryl methyl sites for hydroxylation is 2. The first-order valence-corrected chi connectivity index (χ1v) is 12.7. The Morgan fingerprint density at radius 3 is 2.69 bits per heavy atom. The summed E-state index contributed by atoms with van der Waals surface area (Å²) in [5.41, 5.74) is 4.55. The summed E-state index contributed by atoms with van der Waals surface area (Å²) < 4.78 is 2.24. The number of hydrazone groups is 1. The first kappa shape index (κ1) is 21.0. The Bertz CT molecular complexity index is 1270. The second-order valence-electron chi connectivity index (χ2n) is 7.98. The number of aromatic nitrogens is 1. The van der Waals surface area contributed by atoms with Gasteiger partial charge < -0.3 is 4.57 Å². The predicted octanol–water partition coefficient (Wildman–Crippen LogP) is 6.50. The highest BCUT2D eigenvalue weighted by Crippen LogP contribution is 2.36. The maximum absolute atomic E-state index is 13.4. The molecule has 3 heterocycles. The molecule has 0 saturated carbocycles. The van der Waals surface area contributed by atoms with Crippen LogP contribution >= 0.6 is 23.1 Å². The number of thioether (sulfide) groups is 1. The molecule has 162 valence electrons. The highest BCUT2D eigenvalue weighted by molar-refractivity contribution is 8.00. The number of thiophene rings is 1. The van der Waals surface area contributed by atoms with Gasteiger partial charge in [-0.2, -0.15) is 5.10 Å². The molecule has 4 nitrogen and oxygen atoms in total. The van der Waals surface area contributed by atoms with Crippen molar-refractivity contribution in [2.75, 3.05) is 5.75 Å². The van der Waals surface area contributed by atoms with Gasteiger partial charge in [0.25, 0.3) is 5.91 Å². The Hall–Kier alpha value is -2.83. The highest BCUT2D eigenvalue weighted by Gasteiger charge is 2.33. The lowest BCUT2D eigenvalue weighted by molar-refractivity contribution is -0.130. The van der Waals surface area contributed by atoms with Gasteiger partial charge in [-0.3, -0.25) is 4.79 Å². The van der Waals surface area contributed by atoms with Gasteiger partial charge in [0.05, 0.1) is 22.4 Å². The van der Waals surface area contributed by atoms with E-state index in [9.17, 15) is 4.79 Å². The number of nitrogens with zero attached hydrogens (tertiary/aromatic N) is 3. The minimum atomic E-state index is -0.0576. The number of para-hydroxylation sites is 1. The van der Waals surface area contributed by atoms with E-state index in [-0.39, 0.29) is 11.9 Å². The Labute approximate surface area is 196 Å². The number of hydrogen-bond acceptors (Lipinski definition) is 4. The second-order valence-corrected chi connectivity index (χ2v) is 9.94. The lowest BCUT2D eigenvalue weighted by atomic mass is 10.00. The third-order valence-corrected chi connectivity index (χ3v) is 7.82. The number of benzene rings is 2. The molecule has 0 unspecified atom stereocenters. The normalized spacial score (nSPS) is 16.0. The van der Waals surface area contributed by atoms with Crippen molar-refractivity contribution in [3.8, 4) is 0 Å². The molecule has 4 aromatic rings. The fourth-order valence-electron chi connectivity index (χ4n) is 4.18. The molecule has 0 fully saturated rings. The standard InChI is InChI=1S/C26H25N3OS2/c1-3-28-16-25(20-7-4-5-8-22(20)28)32-17-26(30)29-23(19-12-10-18(2)11-13-19)15-21(27-29)24-9-6-14-31-24/h4-14,16,23H,3,15,17H2,1-2H3/t23-/m1/s1. The maximum Gasteiger partial charge on any atom is 0.253 e. The van der Waals surface area contributed by atoms with Crippen LogP contribution in [0.4, 0.5) is 0 Å². The lowest BCUT2D eigenvalue weighted by Gasteiger charge is -2.22. The molecule has 2 aromatic heterocycles. The maximum atomic E-state index is 13.4. The Kier molecular flexibility index (Phi) is 5.89. The molecule has 0 N–H and O–H groups in total. The number of rotatable bonds is 6. The van der Waals surface area contributed by atoms with Crippen LogP contribution in [-0.2, 0) is 11.3 Å². The fraction of sp³-hybridized carbons (Fsp3) is 0.231. The summed E-state index contributed by atoms with van der Waals surface area (Å²) >= 11 is 3.27. The summed E-state index contributed by atoms with van der Waals surface area (Å²) in [4.78, 5) is 15.7. The smallest absolute Gasteiger partial charge is 0.253 e. The molecule has 1 aliphatic heterocycles. The summed E-state index contributed by atoms with van der Waals surface area (Å²) in [6, 6.07) is 20.9. The molecule has 0 bridgehead atoms. The van der Waals surface area contributed by atoms with E-state index in [1.807, 2.05) is 6.07 Å². The molecule has 1 aliphatic rings. The summed E-state index contributed by atoms with van der Waals surface area (Å²) in [5, 5.41) is 9.77. The Morgan fingerprint density at radius 1 is 1.12 bits per heavy atom. The van der Waals surface area contributed by atoms with Gasteiger partial charge >= 0.3 is 0 Å². The molecular weight excluding hydrogens is 434 g/mol. The van der Waals surface area contributed by atoms with Crippen LogP contribution in [0.2, 0.25) is 0 Å². The van der Waals surface area contributed by atoms with Crippen molar-refractivity contribution >= 4 is 45.6 Å². The van der Waals surface area contributed by atoms with E-state index >= 15 is 0 Å². The van der Waals surface area contributed by atoms with E-state index in [0.717, 1.165) is 34.0 Å². The molecular formula is C26H25N3OS2. The molecule has 32 heavy (non-hydrogen) atoms. The van der Waals surface area contributed by atoms with Crippen LogP contribution < -0.4 is 0 Å². The molecule has 5 rings (SSSR count). The van der Waals surface area contributed by atoms with Gasteiger partial charge in [-0.15, -0.1) is 23.1 Å². The Balaban J connectivity index is 1.40. The summed E-state index contributed by atoms with van der Waals surface area (Å²) in [5.74, 6) is 0.404. The number of hydrogen-bond donors (Lipinski definition) is 0. The average molecular weight is 460 g/mol. The van der Waals surface area contributed by atoms with Crippen molar-refractivity contribution in [1.29, 1.82) is 0 Å². The highest BCUT2D eigenvalue weighted by atomic mass is 32.2. The van der Waals surface area contributed by atoms with Crippen LogP contribution in [0.1, 0.15) is 35.4 Å². The van der Waals surface area contributed by atoms with Crippen molar-refractivity contribution in [2.45, 2.75) is 37.8 Å². The van der Waals surface area contributed by atoms with Crippen LogP contribution in [0, 0.1) is 6.92 Å². The van der Waals surface area contributed by atoms with Crippen LogP contribution in [0.15, 0.2) is 82.2 Å². The van der Waals surface area contributed by atoms with Crippen molar-refractivity contribution in [2.24, 2.45) is 5.10 Å². The minimum Gasteiger partial charge on any atom is -0.347 e. The van der Waals surface area contributed by atoms with Crippen LogP contribution in [0.25, 0.3) is 10.9 Å². The van der Waals surface area contributed by atoms with Crippen molar-refractivity contribution in [1.82, 2.24) is 9.58 Å². The van der Waals surface area contributed by atoms with E-state index in [0.29, 0.717) is 5.75 Å². The van der Waals surface area contributed by atoms with Crippen molar-refractivity contribution in [3.63, 3.8) is 0 Å². The van der Waals surface area contributed by atoms with E-state index < -0.39 is 0 Å². The summed E-state index contributed by atoms with van der Waals surface area (Å²) in [6.07, 6.45) is 2.90. The van der Waals surface area contributed by atoms with E-state index in [2.05, 4.69) is 84.6 Å². The molecule has 0 saturated heterocycles. The zero-order chi connectivity index (χ0) is 22.1. The third kappa shape index (κ3) is 4.00. The van der Waals surface area contributed by atoms with Crippen molar-refractivity contribution in [3.05, 3.63) is 88.2 Å². The number of amides is 1. The molecule has 2 aromatic carbocycles. The van der Waals surface area contributed by atoms with E-state index in [1.165, 1.54) is 16.5 Å². The zero-order valence-corrected chi connectivity index (χ0v) is 19.8. The van der Waals surface area contributed by atoms with E-state index in [1.54, 1.807) is 28.1 Å². The topological polar surface area (TPSA) is 37.6 Å². The molecule has 1 amide bonds. The summed E-state index contributed by atoms with van der Waals surface area (Å²) in [7, 11) is 0. The molecule has 1 atom stereocenters. The minimum absolute atomic E-state index is 0.0421. The number of carbonyl (C=O) groups is 1. The van der Waals surface area contributed by atoms with Gasteiger partial charge in [-0.25, -0.2) is 5.01 Å². The largest absolute Gasteiger partial charge is 0.347 e. The molecule has 0 radical (unpaired) electrons. The second kappa shape index (κ2) is 8.96. The summed E-state index contributed by atoms with van der Waals surface area (Å²) in [6.45, 7) is 5.13. The van der Waals surface area contributed by atoms with Crippen LogP contribution in [-0.4, -0.2) is 26.9 Å². The average Bonchev–Trinajstić information content (AvgIpc) is 3.56. The first-order chi connectivity index (χ1) is 15.6. The zero-order valence-electron chi connectivity index (χ0n) is 18.2. The molecule has 0 aliphatic carbocycles. The predicted molar refractivity (Wildman–Crippen MR) is 135 cm³/mol. The van der Waals surface area contributed by atoms with Gasteiger partial charge in [0, 0.05) is 35.0 Å². The quantitative estimate of drug-likeness (QED) is 0.309. The SMILES string of the molecule is CCn1cc(SCC(=O)N2N=C(c3cccs3)C[C@@H]2c2ccc(C)cc2)c2ccccc21. The molecule has 0 spiro atoms. The van der Waals surface area contributed by atoms with E-state index in [4.69, 9.17) is 5.10 Å². The number of carbonyl (C=O) groups excluding carboxylic acids is 1.